The van der Waals surface area contributed by atoms with Crippen LogP contribution >= 0.6 is 11.3 Å². The van der Waals surface area contributed by atoms with Crippen LogP contribution in [0.25, 0.3) is 32.7 Å². The summed E-state index contributed by atoms with van der Waals surface area (Å²) in [6.45, 7) is 4.16. The van der Waals surface area contributed by atoms with E-state index in [0.717, 1.165) is 45.9 Å². The van der Waals surface area contributed by atoms with Gasteiger partial charge in [-0.05, 0) is 30.5 Å². The quantitative estimate of drug-likeness (QED) is 0.488. The van der Waals surface area contributed by atoms with Crippen molar-refractivity contribution in [2.75, 3.05) is 13.2 Å². The second-order valence-electron chi connectivity index (χ2n) is 5.60. The van der Waals surface area contributed by atoms with Gasteiger partial charge in [-0.1, -0.05) is 18.2 Å². The summed E-state index contributed by atoms with van der Waals surface area (Å²) in [7, 11) is 0. The molecule has 126 valence electrons. The second-order valence-corrected chi connectivity index (χ2v) is 6.50. The molecule has 0 fully saturated rings. The van der Waals surface area contributed by atoms with E-state index in [-0.39, 0.29) is 0 Å². The van der Waals surface area contributed by atoms with Gasteiger partial charge in [-0.25, -0.2) is 9.97 Å². The molecule has 0 aliphatic carbocycles. The number of rotatable bonds is 6. The maximum atomic E-state index is 5.39. The highest BCUT2D eigenvalue weighted by atomic mass is 32.1. The molecule has 3 heterocycles. The Bertz CT molecular complexity index is 992. The minimum absolute atomic E-state index is 0.675. The van der Waals surface area contributed by atoms with E-state index in [0.29, 0.717) is 6.61 Å². The fourth-order valence-corrected chi connectivity index (χ4v) is 3.52. The minimum atomic E-state index is 0.675. The summed E-state index contributed by atoms with van der Waals surface area (Å²) < 4.78 is 7.30. The van der Waals surface area contributed by atoms with E-state index in [1.165, 1.54) is 0 Å². The van der Waals surface area contributed by atoms with E-state index in [4.69, 9.17) is 4.74 Å². The number of aromatic nitrogens is 4. The molecule has 3 aromatic heterocycles. The van der Waals surface area contributed by atoms with Crippen molar-refractivity contribution < 1.29 is 4.74 Å². The number of hydrogen-bond acceptors (Lipinski definition) is 5. The van der Waals surface area contributed by atoms with Gasteiger partial charge in [0, 0.05) is 29.3 Å². The SMILES string of the molecule is CCOCCn1ccc(-c2cccc(-c3ncnc4sccc34)c2)n1. The molecular formula is C19H18N4OS. The number of benzene rings is 1. The van der Waals surface area contributed by atoms with E-state index < -0.39 is 0 Å². The molecule has 4 rings (SSSR count). The van der Waals surface area contributed by atoms with E-state index in [1.807, 2.05) is 35.3 Å². The zero-order chi connectivity index (χ0) is 17.1. The first kappa shape index (κ1) is 15.9. The Balaban J connectivity index is 1.65. The van der Waals surface area contributed by atoms with Crippen LogP contribution in [0.2, 0.25) is 0 Å². The summed E-state index contributed by atoms with van der Waals surface area (Å²) in [5.74, 6) is 0. The maximum Gasteiger partial charge on any atom is 0.127 e. The average Bonchev–Trinajstić information content (AvgIpc) is 3.31. The fraction of sp³-hybridized carbons (Fsp3) is 0.211. The van der Waals surface area contributed by atoms with Crippen molar-refractivity contribution in [2.45, 2.75) is 13.5 Å². The molecule has 6 heteroatoms. The lowest BCUT2D eigenvalue weighted by atomic mass is 10.0. The van der Waals surface area contributed by atoms with Crippen molar-refractivity contribution in [3.8, 4) is 22.5 Å². The Morgan fingerprint density at radius 1 is 1.12 bits per heavy atom. The smallest absolute Gasteiger partial charge is 0.127 e. The standard InChI is InChI=1S/C19H18N4OS/c1-2-24-10-9-23-8-6-17(22-23)14-4-3-5-15(12-14)18-16-7-11-25-19(16)21-13-20-18/h3-8,11-13H,2,9-10H2,1H3. The lowest BCUT2D eigenvalue weighted by Crippen LogP contribution is -2.06. The number of fused-ring (bicyclic) bond motifs is 1. The highest BCUT2D eigenvalue weighted by Gasteiger charge is 2.09. The van der Waals surface area contributed by atoms with Crippen LogP contribution in [-0.4, -0.2) is 33.0 Å². The van der Waals surface area contributed by atoms with Crippen LogP contribution in [0.5, 0.6) is 0 Å². The third-order valence-electron chi connectivity index (χ3n) is 4.00. The molecule has 0 amide bonds. The summed E-state index contributed by atoms with van der Waals surface area (Å²) >= 11 is 1.63. The van der Waals surface area contributed by atoms with Crippen LogP contribution < -0.4 is 0 Å². The van der Waals surface area contributed by atoms with Crippen LogP contribution in [0.3, 0.4) is 0 Å². The molecule has 0 N–H and O–H groups in total. The third kappa shape index (κ3) is 3.31. The normalized spacial score (nSPS) is 11.2. The number of hydrogen-bond donors (Lipinski definition) is 0. The van der Waals surface area contributed by atoms with Crippen LogP contribution in [0.15, 0.2) is 54.3 Å². The largest absolute Gasteiger partial charge is 0.380 e. The Kier molecular flexibility index (Phi) is 4.54. The molecule has 5 nitrogen and oxygen atoms in total. The summed E-state index contributed by atoms with van der Waals surface area (Å²) in [6, 6.07) is 12.4. The zero-order valence-electron chi connectivity index (χ0n) is 13.9. The van der Waals surface area contributed by atoms with Crippen molar-refractivity contribution in [3.05, 3.63) is 54.3 Å². The summed E-state index contributed by atoms with van der Waals surface area (Å²) in [5, 5.41) is 7.78. The van der Waals surface area contributed by atoms with Gasteiger partial charge in [0.25, 0.3) is 0 Å². The van der Waals surface area contributed by atoms with Gasteiger partial charge in [-0.15, -0.1) is 11.3 Å². The van der Waals surface area contributed by atoms with Crippen molar-refractivity contribution in [1.82, 2.24) is 19.7 Å². The predicted octanol–water partition coefficient (Wildman–Crippen LogP) is 4.26. The van der Waals surface area contributed by atoms with E-state index in [9.17, 15) is 0 Å². The van der Waals surface area contributed by atoms with E-state index in [1.54, 1.807) is 17.7 Å². The zero-order valence-corrected chi connectivity index (χ0v) is 14.7. The Labute approximate surface area is 149 Å². The molecule has 0 saturated carbocycles. The van der Waals surface area contributed by atoms with E-state index >= 15 is 0 Å². The predicted molar refractivity (Wildman–Crippen MR) is 101 cm³/mol. The first-order valence-corrected chi connectivity index (χ1v) is 9.13. The Hall–Kier alpha value is -2.57. The van der Waals surface area contributed by atoms with Gasteiger partial charge in [0.2, 0.25) is 0 Å². The van der Waals surface area contributed by atoms with Crippen LogP contribution in [0.4, 0.5) is 0 Å². The average molecular weight is 350 g/mol. The molecule has 0 unspecified atom stereocenters. The van der Waals surface area contributed by atoms with Gasteiger partial charge in [-0.3, -0.25) is 4.68 Å². The van der Waals surface area contributed by atoms with Gasteiger partial charge < -0.3 is 4.74 Å². The highest BCUT2D eigenvalue weighted by Crippen LogP contribution is 2.30. The Morgan fingerprint density at radius 3 is 2.96 bits per heavy atom. The van der Waals surface area contributed by atoms with Gasteiger partial charge >= 0.3 is 0 Å². The topological polar surface area (TPSA) is 52.8 Å². The molecule has 25 heavy (non-hydrogen) atoms. The third-order valence-corrected chi connectivity index (χ3v) is 4.82. The van der Waals surface area contributed by atoms with Gasteiger partial charge in [-0.2, -0.15) is 5.10 Å². The Morgan fingerprint density at radius 2 is 2.04 bits per heavy atom. The fourth-order valence-electron chi connectivity index (χ4n) is 2.79. The lowest BCUT2D eigenvalue weighted by molar-refractivity contribution is 0.136. The maximum absolute atomic E-state index is 5.39. The first-order chi connectivity index (χ1) is 12.3. The molecule has 0 bridgehead atoms. The molecule has 0 aliphatic heterocycles. The summed E-state index contributed by atoms with van der Waals surface area (Å²) in [6.07, 6.45) is 3.62. The molecule has 0 saturated heterocycles. The molecule has 0 atom stereocenters. The van der Waals surface area contributed by atoms with Crippen LogP contribution in [-0.2, 0) is 11.3 Å². The number of ether oxygens (including phenoxy) is 1. The van der Waals surface area contributed by atoms with Gasteiger partial charge in [0.1, 0.15) is 11.2 Å². The summed E-state index contributed by atoms with van der Waals surface area (Å²) in [4.78, 5) is 9.83. The van der Waals surface area contributed by atoms with Crippen molar-refractivity contribution in [3.63, 3.8) is 0 Å². The molecule has 4 aromatic rings. The molecular weight excluding hydrogens is 332 g/mol. The van der Waals surface area contributed by atoms with E-state index in [2.05, 4.69) is 39.3 Å². The number of thiophene rings is 1. The van der Waals surface area contributed by atoms with Gasteiger partial charge in [0.05, 0.1) is 24.5 Å². The summed E-state index contributed by atoms with van der Waals surface area (Å²) in [5.41, 5.74) is 4.07. The lowest BCUT2D eigenvalue weighted by Gasteiger charge is -2.05. The highest BCUT2D eigenvalue weighted by molar-refractivity contribution is 7.16. The molecule has 0 radical (unpaired) electrons. The van der Waals surface area contributed by atoms with Crippen LogP contribution in [0, 0.1) is 0 Å². The first-order valence-electron chi connectivity index (χ1n) is 8.25. The van der Waals surface area contributed by atoms with Crippen LogP contribution in [0.1, 0.15) is 6.92 Å². The molecule has 0 spiro atoms. The monoisotopic (exact) mass is 350 g/mol. The van der Waals surface area contributed by atoms with Crippen molar-refractivity contribution in [2.24, 2.45) is 0 Å². The molecule has 1 aromatic carbocycles. The van der Waals surface area contributed by atoms with Gasteiger partial charge in [0.15, 0.2) is 0 Å². The van der Waals surface area contributed by atoms with Crippen molar-refractivity contribution in [1.29, 1.82) is 0 Å². The van der Waals surface area contributed by atoms with Crippen molar-refractivity contribution >= 4 is 21.6 Å². The molecule has 0 aliphatic rings. The minimum Gasteiger partial charge on any atom is -0.380 e. The number of nitrogens with zero attached hydrogens (tertiary/aromatic N) is 4. The second kappa shape index (κ2) is 7.13.